The highest BCUT2D eigenvalue weighted by Crippen LogP contribution is 2.19. The van der Waals surface area contributed by atoms with Crippen LogP contribution in [-0.4, -0.2) is 42.3 Å². The first-order valence-electron chi connectivity index (χ1n) is 6.86. The molecule has 0 saturated heterocycles. The fourth-order valence-corrected chi connectivity index (χ4v) is 1.73. The number of aliphatic hydroxyl groups excluding tert-OH is 1. The molecule has 20 heavy (non-hydrogen) atoms. The Hall–Kier alpha value is -1.75. The maximum atomic E-state index is 12.0. The Morgan fingerprint density at radius 2 is 2.15 bits per heavy atom. The van der Waals surface area contributed by atoms with Gasteiger partial charge in [-0.15, -0.1) is 0 Å². The minimum atomic E-state index is -0.211. The molecular formula is C15H24N2O3. The lowest BCUT2D eigenvalue weighted by Gasteiger charge is -2.26. The summed E-state index contributed by atoms with van der Waals surface area (Å²) >= 11 is 0. The number of aliphatic hydroxyl groups is 1. The van der Waals surface area contributed by atoms with E-state index in [-0.39, 0.29) is 24.7 Å². The van der Waals surface area contributed by atoms with Crippen LogP contribution in [0.3, 0.4) is 0 Å². The lowest BCUT2D eigenvalue weighted by atomic mass is 10.1. The van der Waals surface area contributed by atoms with E-state index in [9.17, 15) is 4.79 Å². The van der Waals surface area contributed by atoms with E-state index in [1.54, 1.807) is 14.0 Å². The fourth-order valence-electron chi connectivity index (χ4n) is 1.73. The Kier molecular flexibility index (Phi) is 6.31. The van der Waals surface area contributed by atoms with Crippen LogP contribution in [-0.2, 0) is 0 Å². The molecule has 0 aromatic heterocycles. The van der Waals surface area contributed by atoms with Gasteiger partial charge in [0.25, 0.3) is 0 Å². The third-order valence-electron chi connectivity index (χ3n) is 3.25. The Morgan fingerprint density at radius 3 is 2.75 bits per heavy atom. The van der Waals surface area contributed by atoms with Crippen LogP contribution in [0, 0.1) is 0 Å². The average Bonchev–Trinajstić information content (AvgIpc) is 2.46. The van der Waals surface area contributed by atoms with Crippen molar-refractivity contribution >= 4 is 6.03 Å². The predicted molar refractivity (Wildman–Crippen MR) is 78.9 cm³/mol. The molecule has 2 amide bonds. The van der Waals surface area contributed by atoms with Gasteiger partial charge in [-0.25, -0.2) is 4.79 Å². The number of urea groups is 1. The summed E-state index contributed by atoms with van der Waals surface area (Å²) in [4.78, 5) is 13.5. The highest BCUT2D eigenvalue weighted by Gasteiger charge is 2.17. The van der Waals surface area contributed by atoms with Crippen LogP contribution in [0.15, 0.2) is 24.3 Å². The normalized spacial score (nSPS) is 13.4. The van der Waals surface area contributed by atoms with Crippen molar-refractivity contribution < 1.29 is 14.6 Å². The van der Waals surface area contributed by atoms with E-state index in [0.29, 0.717) is 6.61 Å². The molecular weight excluding hydrogens is 256 g/mol. The molecule has 5 heteroatoms. The van der Waals surface area contributed by atoms with Crippen molar-refractivity contribution in [2.24, 2.45) is 0 Å². The average molecular weight is 280 g/mol. The van der Waals surface area contributed by atoms with E-state index in [4.69, 9.17) is 9.84 Å². The molecule has 0 aliphatic rings. The standard InChI is InChI=1S/C15H24N2O3/c1-5-20-14-8-6-7-13(9-14)12(3)16-15(19)17(4)11(2)10-18/h6-9,11-12,18H,5,10H2,1-4H3,(H,16,19). The molecule has 0 aliphatic heterocycles. The second-order valence-electron chi connectivity index (χ2n) is 4.82. The Bertz CT molecular complexity index is 437. The second kappa shape index (κ2) is 7.75. The van der Waals surface area contributed by atoms with E-state index < -0.39 is 0 Å². The van der Waals surface area contributed by atoms with E-state index in [1.165, 1.54) is 4.90 Å². The van der Waals surface area contributed by atoms with Gasteiger partial charge in [0.15, 0.2) is 0 Å². The van der Waals surface area contributed by atoms with Gasteiger partial charge in [0.2, 0.25) is 0 Å². The molecule has 2 N–H and O–H groups in total. The van der Waals surface area contributed by atoms with Crippen molar-refractivity contribution in [2.45, 2.75) is 32.9 Å². The number of carbonyl (C=O) groups is 1. The summed E-state index contributed by atoms with van der Waals surface area (Å²) < 4.78 is 5.45. The molecule has 0 spiro atoms. The number of amides is 2. The van der Waals surface area contributed by atoms with Crippen LogP contribution >= 0.6 is 0 Å². The second-order valence-corrected chi connectivity index (χ2v) is 4.82. The van der Waals surface area contributed by atoms with Crippen LogP contribution in [0.5, 0.6) is 5.75 Å². The quantitative estimate of drug-likeness (QED) is 0.839. The Balaban J connectivity index is 2.68. The van der Waals surface area contributed by atoms with E-state index in [2.05, 4.69) is 5.32 Å². The van der Waals surface area contributed by atoms with Gasteiger partial charge in [-0.1, -0.05) is 12.1 Å². The number of carbonyl (C=O) groups excluding carboxylic acids is 1. The number of ether oxygens (including phenoxy) is 1. The van der Waals surface area contributed by atoms with Gasteiger partial charge >= 0.3 is 6.03 Å². The molecule has 0 aliphatic carbocycles. The maximum Gasteiger partial charge on any atom is 0.317 e. The SMILES string of the molecule is CCOc1cccc(C(C)NC(=O)N(C)C(C)CO)c1. The van der Waals surface area contributed by atoms with E-state index in [1.807, 2.05) is 38.1 Å². The summed E-state index contributed by atoms with van der Waals surface area (Å²) in [6, 6.07) is 7.12. The maximum absolute atomic E-state index is 12.0. The van der Waals surface area contributed by atoms with E-state index in [0.717, 1.165) is 11.3 Å². The summed E-state index contributed by atoms with van der Waals surface area (Å²) in [5.74, 6) is 0.795. The number of nitrogens with zero attached hydrogens (tertiary/aromatic N) is 1. The zero-order valence-corrected chi connectivity index (χ0v) is 12.6. The van der Waals surface area contributed by atoms with Crippen molar-refractivity contribution in [3.63, 3.8) is 0 Å². The summed E-state index contributed by atoms with van der Waals surface area (Å²) in [7, 11) is 1.67. The van der Waals surface area contributed by atoms with Crippen LogP contribution in [0.4, 0.5) is 4.79 Å². The minimum Gasteiger partial charge on any atom is -0.494 e. The molecule has 0 bridgehead atoms. The molecule has 1 aromatic carbocycles. The fraction of sp³-hybridized carbons (Fsp3) is 0.533. The van der Waals surface area contributed by atoms with Crippen LogP contribution < -0.4 is 10.1 Å². The zero-order chi connectivity index (χ0) is 15.1. The van der Waals surface area contributed by atoms with Crippen molar-refractivity contribution in [1.82, 2.24) is 10.2 Å². The largest absolute Gasteiger partial charge is 0.494 e. The van der Waals surface area contributed by atoms with Gasteiger partial charge in [-0.2, -0.15) is 0 Å². The molecule has 0 radical (unpaired) electrons. The number of likely N-dealkylation sites (N-methyl/N-ethyl adjacent to an activating group) is 1. The lowest BCUT2D eigenvalue weighted by Crippen LogP contribution is -2.44. The van der Waals surface area contributed by atoms with Gasteiger partial charge in [-0.05, 0) is 38.5 Å². The van der Waals surface area contributed by atoms with Gasteiger partial charge in [0.05, 0.1) is 25.3 Å². The minimum absolute atomic E-state index is 0.0574. The molecule has 5 nitrogen and oxygen atoms in total. The van der Waals surface area contributed by atoms with Crippen molar-refractivity contribution in [2.75, 3.05) is 20.3 Å². The molecule has 0 saturated carbocycles. The molecule has 2 atom stereocenters. The summed E-state index contributed by atoms with van der Waals surface area (Å²) in [5.41, 5.74) is 0.981. The molecule has 0 heterocycles. The van der Waals surface area contributed by atoms with Crippen LogP contribution in [0.2, 0.25) is 0 Å². The smallest absolute Gasteiger partial charge is 0.317 e. The lowest BCUT2D eigenvalue weighted by molar-refractivity contribution is 0.155. The number of benzene rings is 1. The van der Waals surface area contributed by atoms with Crippen molar-refractivity contribution in [3.05, 3.63) is 29.8 Å². The first-order chi connectivity index (χ1) is 9.49. The van der Waals surface area contributed by atoms with Gasteiger partial charge in [0, 0.05) is 7.05 Å². The zero-order valence-electron chi connectivity index (χ0n) is 12.6. The number of rotatable bonds is 6. The number of hydrogen-bond acceptors (Lipinski definition) is 3. The Morgan fingerprint density at radius 1 is 1.45 bits per heavy atom. The molecule has 112 valence electrons. The number of hydrogen-bond donors (Lipinski definition) is 2. The molecule has 1 rings (SSSR count). The molecule has 0 fully saturated rings. The van der Waals surface area contributed by atoms with Gasteiger partial charge < -0.3 is 20.1 Å². The number of nitrogens with one attached hydrogen (secondary N) is 1. The first kappa shape index (κ1) is 16.3. The highest BCUT2D eigenvalue weighted by atomic mass is 16.5. The van der Waals surface area contributed by atoms with Gasteiger partial charge in [-0.3, -0.25) is 0 Å². The first-order valence-corrected chi connectivity index (χ1v) is 6.86. The monoisotopic (exact) mass is 280 g/mol. The topological polar surface area (TPSA) is 61.8 Å². The van der Waals surface area contributed by atoms with Crippen molar-refractivity contribution in [3.8, 4) is 5.75 Å². The van der Waals surface area contributed by atoms with Crippen LogP contribution in [0.25, 0.3) is 0 Å². The van der Waals surface area contributed by atoms with Crippen LogP contribution in [0.1, 0.15) is 32.4 Å². The van der Waals surface area contributed by atoms with E-state index >= 15 is 0 Å². The summed E-state index contributed by atoms with van der Waals surface area (Å²) in [6.07, 6.45) is 0. The summed E-state index contributed by atoms with van der Waals surface area (Å²) in [6.45, 7) is 6.20. The molecule has 2 unspecified atom stereocenters. The Labute approximate surface area is 120 Å². The molecule has 1 aromatic rings. The van der Waals surface area contributed by atoms with Gasteiger partial charge in [0.1, 0.15) is 5.75 Å². The third kappa shape index (κ3) is 4.42. The summed E-state index contributed by atoms with van der Waals surface area (Å²) in [5, 5.41) is 12.0. The van der Waals surface area contributed by atoms with Crippen molar-refractivity contribution in [1.29, 1.82) is 0 Å². The highest BCUT2D eigenvalue weighted by molar-refractivity contribution is 5.74. The third-order valence-corrected chi connectivity index (χ3v) is 3.25. The predicted octanol–water partition coefficient (Wildman–Crippen LogP) is 2.17.